The Hall–Kier alpha value is -3.31. The average Bonchev–Trinajstić information content (AvgIpc) is 2.77. The smallest absolute Gasteiger partial charge is 0.206 e. The Labute approximate surface area is 176 Å². The minimum absolute atomic E-state index is 0.249. The van der Waals surface area contributed by atoms with Crippen molar-refractivity contribution in [2.45, 2.75) is 23.3 Å². The van der Waals surface area contributed by atoms with Gasteiger partial charge in [0.1, 0.15) is 6.61 Å². The molecule has 5 heteroatoms. The molecule has 0 unspecified atom stereocenters. The molecular weight excluding hydrogens is 396 g/mol. The predicted octanol–water partition coefficient (Wildman–Crippen LogP) is 5.57. The first-order valence-electron chi connectivity index (χ1n) is 9.58. The summed E-state index contributed by atoms with van der Waals surface area (Å²) in [5.41, 5.74) is 2.07. The third-order valence-corrected chi connectivity index (χ3v) is 6.74. The molecule has 0 spiro atoms. The summed E-state index contributed by atoms with van der Waals surface area (Å²) < 4.78 is 37.5. The van der Waals surface area contributed by atoms with E-state index in [-0.39, 0.29) is 9.79 Å². The highest BCUT2D eigenvalue weighted by atomic mass is 32.2. The highest BCUT2D eigenvalue weighted by Gasteiger charge is 2.18. The fourth-order valence-electron chi connectivity index (χ4n) is 3.26. The van der Waals surface area contributed by atoms with Crippen molar-refractivity contribution in [3.05, 3.63) is 96.1 Å². The van der Waals surface area contributed by atoms with Gasteiger partial charge in [0.05, 0.1) is 16.9 Å². The van der Waals surface area contributed by atoms with Crippen molar-refractivity contribution >= 4 is 20.6 Å². The second-order valence-corrected chi connectivity index (χ2v) is 9.05. The standard InChI is InChI=1S/C25H22O4S/c1-18-8-11-22(12-9-18)30(26,27)23-13-10-20-15-25(24(28-2)16-21(20)14-23)29-17-19-6-4-3-5-7-19/h3-16H,17H2,1-2H3. The van der Waals surface area contributed by atoms with Gasteiger partial charge in [0.25, 0.3) is 0 Å². The van der Waals surface area contributed by atoms with Gasteiger partial charge in [-0.3, -0.25) is 0 Å². The molecule has 0 aromatic heterocycles. The molecule has 0 N–H and O–H groups in total. The van der Waals surface area contributed by atoms with E-state index < -0.39 is 9.84 Å². The molecule has 0 aliphatic carbocycles. The normalized spacial score (nSPS) is 11.4. The number of sulfone groups is 1. The maximum Gasteiger partial charge on any atom is 0.206 e. The van der Waals surface area contributed by atoms with E-state index in [9.17, 15) is 8.42 Å². The van der Waals surface area contributed by atoms with Crippen LogP contribution in [0.3, 0.4) is 0 Å². The van der Waals surface area contributed by atoms with E-state index in [1.165, 1.54) is 0 Å². The zero-order valence-electron chi connectivity index (χ0n) is 16.8. The Bertz CT molecular complexity index is 1280. The number of methoxy groups -OCH3 is 1. The molecule has 4 aromatic carbocycles. The molecule has 4 rings (SSSR count). The minimum atomic E-state index is -3.60. The summed E-state index contributed by atoms with van der Waals surface area (Å²) in [6, 6.07) is 25.5. The molecule has 4 nitrogen and oxygen atoms in total. The zero-order valence-corrected chi connectivity index (χ0v) is 17.6. The summed E-state index contributed by atoms with van der Waals surface area (Å²) in [6.07, 6.45) is 0. The van der Waals surface area contributed by atoms with Gasteiger partial charge in [-0.05, 0) is 59.7 Å². The van der Waals surface area contributed by atoms with E-state index in [4.69, 9.17) is 9.47 Å². The zero-order chi connectivity index (χ0) is 21.1. The molecule has 0 heterocycles. The molecule has 152 valence electrons. The molecule has 0 saturated heterocycles. The fraction of sp³-hybridized carbons (Fsp3) is 0.120. The first kappa shape index (κ1) is 20.0. The van der Waals surface area contributed by atoms with Crippen LogP contribution in [0.4, 0.5) is 0 Å². The first-order chi connectivity index (χ1) is 14.5. The molecule has 0 bridgehead atoms. The highest BCUT2D eigenvalue weighted by molar-refractivity contribution is 7.91. The van der Waals surface area contributed by atoms with Gasteiger partial charge in [-0.25, -0.2) is 8.42 Å². The van der Waals surface area contributed by atoms with Crippen LogP contribution in [0.25, 0.3) is 10.8 Å². The summed E-state index contributed by atoms with van der Waals surface area (Å²) in [5.74, 6) is 1.17. The maximum atomic E-state index is 13.0. The Morgan fingerprint density at radius 2 is 1.40 bits per heavy atom. The topological polar surface area (TPSA) is 52.6 Å². The molecule has 30 heavy (non-hydrogen) atoms. The van der Waals surface area contributed by atoms with E-state index in [1.54, 1.807) is 49.6 Å². The van der Waals surface area contributed by atoms with E-state index in [1.807, 2.05) is 49.4 Å². The van der Waals surface area contributed by atoms with Crippen molar-refractivity contribution in [1.29, 1.82) is 0 Å². The van der Waals surface area contributed by atoms with Gasteiger partial charge in [-0.2, -0.15) is 0 Å². The van der Waals surface area contributed by atoms with Gasteiger partial charge in [-0.15, -0.1) is 0 Å². The molecule has 0 aliphatic rings. The summed E-state index contributed by atoms with van der Waals surface area (Å²) in [4.78, 5) is 0.529. The largest absolute Gasteiger partial charge is 0.493 e. The van der Waals surface area contributed by atoms with Crippen LogP contribution in [0.1, 0.15) is 11.1 Å². The number of aryl methyl sites for hydroxylation is 1. The SMILES string of the molecule is COc1cc2cc(S(=O)(=O)c3ccc(C)cc3)ccc2cc1OCc1ccccc1. The molecule has 0 atom stereocenters. The van der Waals surface area contributed by atoms with Crippen molar-refractivity contribution in [2.75, 3.05) is 7.11 Å². The molecule has 4 aromatic rings. The van der Waals surface area contributed by atoms with Gasteiger partial charge < -0.3 is 9.47 Å². The molecular formula is C25H22O4S. The summed E-state index contributed by atoms with van der Waals surface area (Å²) in [6.45, 7) is 2.35. The maximum absolute atomic E-state index is 13.0. The summed E-state index contributed by atoms with van der Waals surface area (Å²) in [5, 5.41) is 1.65. The molecule has 0 aliphatic heterocycles. The van der Waals surface area contributed by atoms with Crippen LogP contribution >= 0.6 is 0 Å². The van der Waals surface area contributed by atoms with E-state index in [2.05, 4.69) is 0 Å². The highest BCUT2D eigenvalue weighted by Crippen LogP contribution is 2.34. The number of benzene rings is 4. The van der Waals surface area contributed by atoms with Crippen LogP contribution in [0.5, 0.6) is 11.5 Å². The van der Waals surface area contributed by atoms with Gasteiger partial charge in [0.15, 0.2) is 11.5 Å². The van der Waals surface area contributed by atoms with Gasteiger partial charge >= 0.3 is 0 Å². The lowest BCUT2D eigenvalue weighted by Gasteiger charge is -2.13. The van der Waals surface area contributed by atoms with E-state index in [0.29, 0.717) is 18.1 Å². The van der Waals surface area contributed by atoms with Crippen LogP contribution in [0, 0.1) is 6.92 Å². The van der Waals surface area contributed by atoms with Gasteiger partial charge in [-0.1, -0.05) is 54.1 Å². The summed E-state index contributed by atoms with van der Waals surface area (Å²) >= 11 is 0. The molecule has 0 saturated carbocycles. The Morgan fingerprint density at radius 1 is 0.733 bits per heavy atom. The van der Waals surface area contributed by atoms with Crippen LogP contribution in [0.2, 0.25) is 0 Å². The van der Waals surface area contributed by atoms with Crippen molar-refractivity contribution in [3.8, 4) is 11.5 Å². The first-order valence-corrected chi connectivity index (χ1v) is 11.1. The fourth-order valence-corrected chi connectivity index (χ4v) is 4.56. The lowest BCUT2D eigenvalue weighted by molar-refractivity contribution is 0.285. The second kappa shape index (κ2) is 8.20. The Kier molecular flexibility index (Phi) is 5.46. The van der Waals surface area contributed by atoms with Gasteiger partial charge in [0.2, 0.25) is 9.84 Å². The number of hydrogen-bond donors (Lipinski definition) is 0. The van der Waals surface area contributed by atoms with Crippen LogP contribution < -0.4 is 9.47 Å². The summed E-state index contributed by atoms with van der Waals surface area (Å²) in [7, 11) is -2.02. The average molecular weight is 419 g/mol. The Morgan fingerprint density at radius 3 is 2.10 bits per heavy atom. The van der Waals surface area contributed by atoms with E-state index >= 15 is 0 Å². The number of rotatable bonds is 6. The molecule has 0 radical (unpaired) electrons. The minimum Gasteiger partial charge on any atom is -0.493 e. The van der Waals surface area contributed by atoms with Crippen molar-refractivity contribution < 1.29 is 17.9 Å². The monoisotopic (exact) mass is 418 g/mol. The lowest BCUT2D eigenvalue weighted by atomic mass is 10.1. The van der Waals surface area contributed by atoms with Crippen LogP contribution in [-0.2, 0) is 16.4 Å². The Balaban J connectivity index is 1.69. The second-order valence-electron chi connectivity index (χ2n) is 7.10. The third kappa shape index (κ3) is 4.02. The quantitative estimate of drug-likeness (QED) is 0.411. The molecule has 0 amide bonds. The van der Waals surface area contributed by atoms with Gasteiger partial charge in [0, 0.05) is 0 Å². The van der Waals surface area contributed by atoms with Crippen molar-refractivity contribution in [3.63, 3.8) is 0 Å². The lowest BCUT2D eigenvalue weighted by Crippen LogP contribution is -2.02. The number of hydrogen-bond acceptors (Lipinski definition) is 4. The van der Waals surface area contributed by atoms with Crippen molar-refractivity contribution in [2.24, 2.45) is 0 Å². The van der Waals surface area contributed by atoms with Crippen LogP contribution in [-0.4, -0.2) is 15.5 Å². The molecule has 0 fully saturated rings. The predicted molar refractivity (Wildman–Crippen MR) is 118 cm³/mol. The number of fused-ring (bicyclic) bond motifs is 1. The van der Waals surface area contributed by atoms with Crippen molar-refractivity contribution in [1.82, 2.24) is 0 Å². The third-order valence-electron chi connectivity index (χ3n) is 4.97. The number of ether oxygens (including phenoxy) is 2. The van der Waals surface area contributed by atoms with Crippen LogP contribution in [0.15, 0.2) is 94.7 Å². The van der Waals surface area contributed by atoms with E-state index in [0.717, 1.165) is 21.9 Å².